The minimum atomic E-state index is -0.628. The van der Waals surface area contributed by atoms with Crippen molar-refractivity contribution in [1.29, 1.82) is 0 Å². The van der Waals surface area contributed by atoms with Gasteiger partial charge in [-0.2, -0.15) is 0 Å². The predicted octanol–water partition coefficient (Wildman–Crippen LogP) is 3.55. The number of anilines is 1. The van der Waals surface area contributed by atoms with Crippen LogP contribution in [0.15, 0.2) is 59.2 Å². The molecule has 1 aromatic heterocycles. The molecule has 3 heterocycles. The van der Waals surface area contributed by atoms with Crippen molar-refractivity contribution in [3.63, 3.8) is 0 Å². The Morgan fingerprint density at radius 3 is 2.61 bits per heavy atom. The molecule has 9 heteroatoms. The van der Waals surface area contributed by atoms with Gasteiger partial charge in [0.25, 0.3) is 11.8 Å². The molecule has 0 saturated carbocycles. The van der Waals surface area contributed by atoms with Gasteiger partial charge in [-0.15, -0.1) is 0 Å². The Hall–Kier alpha value is -4.27. The molecule has 3 aromatic rings. The van der Waals surface area contributed by atoms with Gasteiger partial charge in [-0.05, 0) is 36.8 Å². The fourth-order valence-corrected chi connectivity index (χ4v) is 4.93. The second kappa shape index (κ2) is 9.77. The van der Waals surface area contributed by atoms with Gasteiger partial charge in [0.05, 0.1) is 37.3 Å². The van der Waals surface area contributed by atoms with E-state index >= 15 is 0 Å². The van der Waals surface area contributed by atoms with Crippen LogP contribution in [0.5, 0.6) is 11.5 Å². The van der Waals surface area contributed by atoms with Gasteiger partial charge in [-0.1, -0.05) is 18.2 Å². The summed E-state index contributed by atoms with van der Waals surface area (Å²) >= 11 is 0. The van der Waals surface area contributed by atoms with E-state index in [1.807, 2.05) is 12.1 Å². The third-order valence-corrected chi connectivity index (χ3v) is 6.56. The molecule has 186 valence electrons. The Balaban J connectivity index is 1.37. The summed E-state index contributed by atoms with van der Waals surface area (Å²) in [6.45, 7) is 0.781. The highest BCUT2D eigenvalue weighted by molar-refractivity contribution is 6.18. The number of rotatable bonds is 9. The average molecular weight is 490 g/mol. The van der Waals surface area contributed by atoms with Crippen molar-refractivity contribution < 1.29 is 28.3 Å². The third kappa shape index (κ3) is 3.96. The molecular weight excluding hydrogens is 462 g/mol. The highest BCUT2D eigenvalue weighted by Crippen LogP contribution is 2.49. The second-order valence-corrected chi connectivity index (χ2v) is 8.61. The van der Waals surface area contributed by atoms with Crippen LogP contribution in [-0.2, 0) is 11.2 Å². The summed E-state index contributed by atoms with van der Waals surface area (Å²) in [5.41, 5.74) is 2.06. The predicted molar refractivity (Wildman–Crippen MR) is 131 cm³/mol. The van der Waals surface area contributed by atoms with Crippen LogP contribution in [0.1, 0.15) is 51.0 Å². The van der Waals surface area contributed by atoms with Gasteiger partial charge in [0, 0.05) is 31.5 Å². The molecule has 2 aromatic carbocycles. The van der Waals surface area contributed by atoms with Crippen molar-refractivity contribution >= 4 is 23.4 Å². The van der Waals surface area contributed by atoms with Crippen molar-refractivity contribution in [3.8, 4) is 11.5 Å². The number of ether oxygens (including phenoxy) is 2. The number of hydrogen-bond donors (Lipinski definition) is 1. The Bertz CT molecular complexity index is 1300. The zero-order chi connectivity index (χ0) is 25.2. The van der Waals surface area contributed by atoms with Crippen LogP contribution in [-0.4, -0.2) is 49.9 Å². The molecule has 0 saturated heterocycles. The maximum atomic E-state index is 13.7. The zero-order valence-corrected chi connectivity index (χ0v) is 20.2. The third-order valence-electron chi connectivity index (χ3n) is 6.56. The molecule has 36 heavy (non-hydrogen) atoms. The first-order valence-corrected chi connectivity index (χ1v) is 11.8. The number of fused-ring (bicyclic) bond motifs is 5. The van der Waals surface area contributed by atoms with Crippen LogP contribution in [0.4, 0.5) is 5.69 Å². The van der Waals surface area contributed by atoms with Crippen molar-refractivity contribution in [2.75, 3.05) is 32.2 Å². The summed E-state index contributed by atoms with van der Waals surface area (Å²) in [6, 6.07) is 14.3. The molecule has 0 radical (unpaired) electrons. The van der Waals surface area contributed by atoms with E-state index in [0.717, 1.165) is 5.76 Å². The first-order valence-electron chi connectivity index (χ1n) is 11.8. The van der Waals surface area contributed by atoms with Crippen molar-refractivity contribution in [3.05, 3.63) is 77.2 Å². The normalized spacial score (nSPS) is 15.9. The fourth-order valence-electron chi connectivity index (χ4n) is 4.93. The maximum Gasteiger partial charge on any atom is 0.264 e. The zero-order valence-electron chi connectivity index (χ0n) is 20.2. The fraction of sp³-hybridized carbons (Fsp3) is 0.296. The summed E-state index contributed by atoms with van der Waals surface area (Å²) in [5.74, 6) is 1.06. The smallest absolute Gasteiger partial charge is 0.264 e. The van der Waals surface area contributed by atoms with Crippen LogP contribution in [0.25, 0.3) is 0 Å². The Kier molecular flexibility index (Phi) is 6.37. The molecule has 0 aliphatic carbocycles. The van der Waals surface area contributed by atoms with Gasteiger partial charge < -0.3 is 24.1 Å². The van der Waals surface area contributed by atoms with Gasteiger partial charge >= 0.3 is 0 Å². The van der Waals surface area contributed by atoms with Crippen LogP contribution in [0, 0.1) is 0 Å². The van der Waals surface area contributed by atoms with Crippen molar-refractivity contribution in [2.45, 2.75) is 25.4 Å². The maximum absolute atomic E-state index is 13.7. The molecule has 1 atom stereocenters. The Morgan fingerprint density at radius 1 is 1.03 bits per heavy atom. The van der Waals surface area contributed by atoms with E-state index in [-0.39, 0.29) is 24.1 Å². The van der Waals surface area contributed by atoms with E-state index in [2.05, 4.69) is 5.32 Å². The number of hydrogen-bond acceptors (Lipinski definition) is 6. The average Bonchev–Trinajstić information content (AvgIpc) is 3.52. The van der Waals surface area contributed by atoms with E-state index < -0.39 is 6.17 Å². The lowest BCUT2D eigenvalue weighted by Gasteiger charge is -2.41. The first-order chi connectivity index (χ1) is 17.5. The highest BCUT2D eigenvalue weighted by atomic mass is 16.5. The molecule has 0 bridgehead atoms. The number of amides is 3. The summed E-state index contributed by atoms with van der Waals surface area (Å²) in [5, 5.41) is 2.88. The molecule has 0 fully saturated rings. The molecule has 0 spiro atoms. The van der Waals surface area contributed by atoms with Crippen LogP contribution < -0.4 is 19.7 Å². The highest BCUT2D eigenvalue weighted by Gasteiger charge is 2.49. The monoisotopic (exact) mass is 489 g/mol. The molecule has 1 N–H and O–H groups in total. The lowest BCUT2D eigenvalue weighted by atomic mass is 10.0. The Labute approximate surface area is 208 Å². The van der Waals surface area contributed by atoms with Crippen LogP contribution in [0.3, 0.4) is 0 Å². The standard InChI is InChI=1S/C27H27N3O6/c1-34-21-12-11-19-23(24(21)35-2)27(33)30-20-9-4-3-8-18(20)26(32)29(25(19)30)15-5-10-22(31)28-14-13-17-7-6-16-36-17/h3-4,6-9,11-12,16,25H,5,10,13-15H2,1-2H3,(H,28,31). The molecule has 2 aliphatic rings. The number of nitrogens with one attached hydrogen (secondary N) is 1. The van der Waals surface area contributed by atoms with Gasteiger partial charge in [-0.25, -0.2) is 0 Å². The number of carbonyl (C=O) groups excluding carboxylic acids is 3. The summed E-state index contributed by atoms with van der Waals surface area (Å²) < 4.78 is 16.2. The largest absolute Gasteiger partial charge is 0.493 e. The van der Waals surface area contributed by atoms with E-state index in [0.29, 0.717) is 59.8 Å². The minimum Gasteiger partial charge on any atom is -0.493 e. The quantitative estimate of drug-likeness (QED) is 0.493. The molecule has 9 nitrogen and oxygen atoms in total. The summed E-state index contributed by atoms with van der Waals surface area (Å²) in [4.78, 5) is 42.9. The molecule has 3 amide bonds. The lowest BCUT2D eigenvalue weighted by Crippen LogP contribution is -2.48. The first kappa shape index (κ1) is 23.5. The molecular formula is C27H27N3O6. The van der Waals surface area contributed by atoms with Crippen LogP contribution in [0.2, 0.25) is 0 Å². The molecule has 2 aliphatic heterocycles. The number of nitrogens with zero attached hydrogens (tertiary/aromatic N) is 2. The molecule has 5 rings (SSSR count). The number of benzene rings is 2. The van der Waals surface area contributed by atoms with Crippen molar-refractivity contribution in [1.82, 2.24) is 10.2 Å². The Morgan fingerprint density at radius 2 is 1.86 bits per heavy atom. The van der Waals surface area contributed by atoms with E-state index in [1.165, 1.54) is 14.2 Å². The van der Waals surface area contributed by atoms with Crippen LogP contribution >= 0.6 is 0 Å². The number of methoxy groups -OCH3 is 2. The number of furan rings is 1. The number of carbonyl (C=O) groups is 3. The van der Waals surface area contributed by atoms with Gasteiger partial charge in [0.1, 0.15) is 11.9 Å². The van der Waals surface area contributed by atoms with E-state index in [4.69, 9.17) is 13.9 Å². The van der Waals surface area contributed by atoms with E-state index in [1.54, 1.807) is 52.5 Å². The van der Waals surface area contributed by atoms with E-state index in [9.17, 15) is 14.4 Å². The minimum absolute atomic E-state index is 0.0995. The summed E-state index contributed by atoms with van der Waals surface area (Å²) in [6.07, 6.45) is 2.29. The lowest BCUT2D eigenvalue weighted by molar-refractivity contribution is -0.121. The van der Waals surface area contributed by atoms with Gasteiger partial charge in [0.2, 0.25) is 5.91 Å². The topological polar surface area (TPSA) is 101 Å². The second-order valence-electron chi connectivity index (χ2n) is 8.61. The SMILES string of the molecule is COc1ccc2c(c1OC)C(=O)N1c3ccccc3C(=O)N(CCCC(=O)NCCc3ccco3)C21. The van der Waals surface area contributed by atoms with Gasteiger partial charge in [-0.3, -0.25) is 19.3 Å². The molecule has 1 unspecified atom stereocenters. The van der Waals surface area contributed by atoms with Crippen molar-refractivity contribution in [2.24, 2.45) is 0 Å². The summed E-state index contributed by atoms with van der Waals surface area (Å²) in [7, 11) is 3.01. The van der Waals surface area contributed by atoms with Gasteiger partial charge in [0.15, 0.2) is 11.5 Å². The number of para-hydroxylation sites is 1.